The summed E-state index contributed by atoms with van der Waals surface area (Å²) in [7, 11) is 0. The van der Waals surface area contributed by atoms with Gasteiger partial charge in [0.15, 0.2) is 5.78 Å². The highest BCUT2D eigenvalue weighted by molar-refractivity contribution is 7.12. The maximum atomic E-state index is 13.4. The van der Waals surface area contributed by atoms with Gasteiger partial charge in [-0.1, -0.05) is 19.1 Å². The van der Waals surface area contributed by atoms with Gasteiger partial charge in [0, 0.05) is 16.2 Å². The van der Waals surface area contributed by atoms with Gasteiger partial charge in [0.1, 0.15) is 5.82 Å². The van der Waals surface area contributed by atoms with E-state index in [1.165, 1.54) is 17.0 Å². The van der Waals surface area contributed by atoms with Gasteiger partial charge in [-0.15, -0.1) is 11.3 Å². The largest absolute Gasteiger partial charge is 0.294 e. The molecule has 0 spiro atoms. The molecule has 1 nitrogen and oxygen atoms in total. The average molecular weight is 248 g/mol. The average Bonchev–Trinajstić information content (AvgIpc) is 2.77. The van der Waals surface area contributed by atoms with Crippen molar-refractivity contribution < 1.29 is 9.18 Å². The lowest BCUT2D eigenvalue weighted by atomic mass is 10.1. The molecular weight excluding hydrogens is 235 g/mol. The first-order chi connectivity index (χ1) is 8.20. The zero-order valence-electron chi connectivity index (χ0n) is 9.57. The van der Waals surface area contributed by atoms with Crippen LogP contribution in [0.4, 0.5) is 4.39 Å². The lowest BCUT2D eigenvalue weighted by Crippen LogP contribution is -2.04. The van der Waals surface area contributed by atoms with Crippen molar-refractivity contribution in [2.75, 3.05) is 0 Å². The number of halogens is 1. The minimum atomic E-state index is -0.440. The van der Waals surface area contributed by atoms with Crippen molar-refractivity contribution in [1.29, 1.82) is 0 Å². The number of hydrogen-bond acceptors (Lipinski definition) is 2. The van der Waals surface area contributed by atoms with Gasteiger partial charge in [-0.25, -0.2) is 4.39 Å². The number of aryl methyl sites for hydroxylation is 1. The van der Waals surface area contributed by atoms with Crippen LogP contribution in [0, 0.1) is 5.82 Å². The number of ketones is 1. The van der Waals surface area contributed by atoms with Crippen LogP contribution in [0.2, 0.25) is 0 Å². The fourth-order valence-corrected chi connectivity index (χ4v) is 2.60. The molecule has 0 aliphatic heterocycles. The molecule has 2 rings (SSSR count). The Balaban J connectivity index is 2.14. The number of carbonyl (C=O) groups excluding carboxylic acids is 1. The van der Waals surface area contributed by atoms with Crippen LogP contribution in [-0.2, 0) is 12.8 Å². The minimum Gasteiger partial charge on any atom is -0.294 e. The SMILES string of the molecule is CCc1ccc(CC(=O)c2ccccc2F)s1. The summed E-state index contributed by atoms with van der Waals surface area (Å²) in [6.07, 6.45) is 1.25. The molecule has 0 saturated carbocycles. The molecule has 1 heterocycles. The first-order valence-electron chi connectivity index (χ1n) is 5.56. The number of rotatable bonds is 4. The molecule has 0 amide bonds. The minimum absolute atomic E-state index is 0.160. The quantitative estimate of drug-likeness (QED) is 0.750. The van der Waals surface area contributed by atoms with E-state index in [9.17, 15) is 9.18 Å². The summed E-state index contributed by atoms with van der Waals surface area (Å²) in [4.78, 5) is 14.1. The molecule has 3 heteroatoms. The number of thiophene rings is 1. The molecule has 2 aromatic rings. The Morgan fingerprint density at radius 2 is 1.88 bits per heavy atom. The number of Topliss-reactive ketones (excluding diaryl/α,β-unsaturated/α-hetero) is 1. The van der Waals surface area contributed by atoms with Crippen LogP contribution in [0.25, 0.3) is 0 Å². The highest BCUT2D eigenvalue weighted by Gasteiger charge is 2.12. The van der Waals surface area contributed by atoms with Crippen molar-refractivity contribution >= 4 is 17.1 Å². The second-order valence-electron chi connectivity index (χ2n) is 3.80. The van der Waals surface area contributed by atoms with Gasteiger partial charge in [0.05, 0.1) is 5.56 Å². The fourth-order valence-electron chi connectivity index (χ4n) is 1.65. The molecular formula is C14H13FOS. The van der Waals surface area contributed by atoms with E-state index in [2.05, 4.69) is 6.92 Å². The second-order valence-corrected chi connectivity index (χ2v) is 5.05. The van der Waals surface area contributed by atoms with E-state index in [1.807, 2.05) is 12.1 Å². The molecule has 0 N–H and O–H groups in total. The van der Waals surface area contributed by atoms with Crippen LogP contribution in [0.1, 0.15) is 27.0 Å². The molecule has 0 aliphatic carbocycles. The molecule has 0 radical (unpaired) electrons. The van der Waals surface area contributed by atoms with Crippen LogP contribution in [-0.4, -0.2) is 5.78 Å². The standard InChI is InChI=1S/C14H13FOS/c1-2-10-7-8-11(17-10)9-14(16)12-5-3-4-6-13(12)15/h3-8H,2,9H2,1H3. The summed E-state index contributed by atoms with van der Waals surface area (Å²) in [6.45, 7) is 2.08. The molecule has 88 valence electrons. The van der Waals surface area contributed by atoms with E-state index in [-0.39, 0.29) is 17.8 Å². The van der Waals surface area contributed by atoms with E-state index in [0.29, 0.717) is 0 Å². The van der Waals surface area contributed by atoms with E-state index < -0.39 is 5.82 Å². The number of benzene rings is 1. The van der Waals surface area contributed by atoms with Gasteiger partial charge in [-0.05, 0) is 30.7 Å². The zero-order chi connectivity index (χ0) is 12.3. The van der Waals surface area contributed by atoms with E-state index in [1.54, 1.807) is 23.5 Å². The predicted octanol–water partition coefficient (Wildman–Crippen LogP) is 3.88. The molecule has 0 unspecified atom stereocenters. The molecule has 0 atom stereocenters. The normalized spacial score (nSPS) is 10.5. The van der Waals surface area contributed by atoms with Crippen molar-refractivity contribution in [3.8, 4) is 0 Å². The second kappa shape index (κ2) is 5.23. The lowest BCUT2D eigenvalue weighted by molar-refractivity contribution is 0.0990. The van der Waals surface area contributed by atoms with Crippen molar-refractivity contribution in [2.24, 2.45) is 0 Å². The van der Waals surface area contributed by atoms with Crippen molar-refractivity contribution in [2.45, 2.75) is 19.8 Å². The first-order valence-corrected chi connectivity index (χ1v) is 6.37. The number of carbonyl (C=O) groups is 1. The van der Waals surface area contributed by atoms with Crippen molar-refractivity contribution in [1.82, 2.24) is 0 Å². The van der Waals surface area contributed by atoms with Gasteiger partial charge in [0.2, 0.25) is 0 Å². The van der Waals surface area contributed by atoms with Crippen molar-refractivity contribution in [3.05, 3.63) is 57.5 Å². The van der Waals surface area contributed by atoms with Crippen LogP contribution >= 0.6 is 11.3 Å². The maximum Gasteiger partial charge on any atom is 0.170 e. The third-order valence-corrected chi connectivity index (χ3v) is 3.80. The maximum absolute atomic E-state index is 13.4. The predicted molar refractivity (Wildman–Crippen MR) is 68.1 cm³/mol. The Morgan fingerprint density at radius 3 is 2.53 bits per heavy atom. The Bertz CT molecular complexity index is 531. The molecule has 0 fully saturated rings. The summed E-state index contributed by atoms with van der Waals surface area (Å²) in [5, 5.41) is 0. The zero-order valence-corrected chi connectivity index (χ0v) is 10.4. The van der Waals surface area contributed by atoms with Crippen LogP contribution in [0.5, 0.6) is 0 Å². The Morgan fingerprint density at radius 1 is 1.18 bits per heavy atom. The fraction of sp³-hybridized carbons (Fsp3) is 0.214. The summed E-state index contributed by atoms with van der Waals surface area (Å²) >= 11 is 1.62. The highest BCUT2D eigenvalue weighted by Crippen LogP contribution is 2.19. The molecule has 17 heavy (non-hydrogen) atoms. The smallest absolute Gasteiger partial charge is 0.170 e. The Hall–Kier alpha value is -1.48. The number of hydrogen-bond donors (Lipinski definition) is 0. The summed E-state index contributed by atoms with van der Waals surface area (Å²) in [5.74, 6) is -0.600. The molecule has 1 aromatic carbocycles. The molecule has 1 aromatic heterocycles. The third-order valence-electron chi connectivity index (χ3n) is 2.57. The monoisotopic (exact) mass is 248 g/mol. The topological polar surface area (TPSA) is 17.1 Å². The van der Waals surface area contributed by atoms with Crippen LogP contribution < -0.4 is 0 Å². The summed E-state index contributed by atoms with van der Waals surface area (Å²) in [5.41, 5.74) is 0.180. The van der Waals surface area contributed by atoms with E-state index in [0.717, 1.165) is 11.3 Å². The van der Waals surface area contributed by atoms with Crippen molar-refractivity contribution in [3.63, 3.8) is 0 Å². The van der Waals surface area contributed by atoms with Gasteiger partial charge in [-0.2, -0.15) is 0 Å². The lowest BCUT2D eigenvalue weighted by Gasteiger charge is -2.00. The van der Waals surface area contributed by atoms with Gasteiger partial charge in [-0.3, -0.25) is 4.79 Å². The van der Waals surface area contributed by atoms with E-state index in [4.69, 9.17) is 0 Å². The molecule has 0 bridgehead atoms. The van der Waals surface area contributed by atoms with Gasteiger partial charge >= 0.3 is 0 Å². The summed E-state index contributed by atoms with van der Waals surface area (Å²) < 4.78 is 13.4. The molecule has 0 saturated heterocycles. The van der Waals surface area contributed by atoms with Crippen LogP contribution in [0.3, 0.4) is 0 Å². The van der Waals surface area contributed by atoms with Crippen LogP contribution in [0.15, 0.2) is 36.4 Å². The first kappa shape index (κ1) is 12.0. The molecule has 0 aliphatic rings. The highest BCUT2D eigenvalue weighted by atomic mass is 32.1. The van der Waals surface area contributed by atoms with Gasteiger partial charge < -0.3 is 0 Å². The third kappa shape index (κ3) is 2.80. The Kier molecular flexibility index (Phi) is 3.69. The van der Waals surface area contributed by atoms with Gasteiger partial charge in [0.25, 0.3) is 0 Å². The summed E-state index contributed by atoms with van der Waals surface area (Å²) in [6, 6.07) is 10.1. The Labute approximate surface area is 104 Å². The van der Waals surface area contributed by atoms with E-state index >= 15 is 0 Å².